The molecule has 2 aliphatic carbocycles. The highest BCUT2D eigenvalue weighted by Gasteiger charge is 2.64. The summed E-state index contributed by atoms with van der Waals surface area (Å²) in [6.45, 7) is 0.233. The molecule has 4 heteroatoms. The summed E-state index contributed by atoms with van der Waals surface area (Å²) in [6, 6.07) is 0.573. The summed E-state index contributed by atoms with van der Waals surface area (Å²) >= 11 is 0. The van der Waals surface area contributed by atoms with Crippen LogP contribution in [0.15, 0.2) is 24.3 Å². The van der Waals surface area contributed by atoms with Gasteiger partial charge < -0.3 is 19.5 Å². The first kappa shape index (κ1) is 7.37. The fourth-order valence-electron chi connectivity index (χ4n) is 4.28. The molecular formula is C18H21NO3. The highest BCUT2D eigenvalue weighted by molar-refractivity contribution is 5.62. The van der Waals surface area contributed by atoms with Gasteiger partial charge in [-0.3, -0.25) is 0 Å². The van der Waals surface area contributed by atoms with Crippen molar-refractivity contribution in [2.75, 3.05) is 20.6 Å². The van der Waals surface area contributed by atoms with Crippen LogP contribution in [0, 0.1) is 5.89 Å². The molecule has 2 heterocycles. The highest BCUT2D eigenvalue weighted by Crippen LogP contribution is 2.62. The van der Waals surface area contributed by atoms with Crippen molar-refractivity contribution in [3.8, 4) is 11.5 Å². The van der Waals surface area contributed by atoms with Crippen LogP contribution in [0.2, 0.25) is 0 Å². The van der Waals surface area contributed by atoms with Gasteiger partial charge in [-0.15, -0.1) is 0 Å². The van der Waals surface area contributed by atoms with Crippen LogP contribution >= 0.6 is 0 Å². The Hall–Kier alpha value is -1.52. The number of rotatable bonds is 1. The number of benzene rings is 1. The Morgan fingerprint density at radius 1 is 1.55 bits per heavy atom. The van der Waals surface area contributed by atoms with Crippen molar-refractivity contribution in [3.05, 3.63) is 35.4 Å². The van der Waals surface area contributed by atoms with E-state index in [0.29, 0.717) is 0 Å². The van der Waals surface area contributed by atoms with Gasteiger partial charge in [0, 0.05) is 28.4 Å². The normalized spacial score (nSPS) is 59.3. The average molecular weight is 307 g/mol. The van der Waals surface area contributed by atoms with Crippen LogP contribution in [0.4, 0.5) is 0 Å². The molecule has 22 heavy (non-hydrogen) atoms. The minimum absolute atomic E-state index is 0.0740. The van der Waals surface area contributed by atoms with Gasteiger partial charge in [-0.1, -0.05) is 18.2 Å². The molecule has 2 bridgehead atoms. The van der Waals surface area contributed by atoms with Crippen LogP contribution in [0.25, 0.3) is 0 Å². The summed E-state index contributed by atoms with van der Waals surface area (Å²) in [4.78, 5) is 1.49. The zero-order valence-corrected chi connectivity index (χ0v) is 12.0. The molecule has 1 spiro atoms. The lowest BCUT2D eigenvalue weighted by Gasteiger charge is -2.56. The van der Waals surface area contributed by atoms with Gasteiger partial charge in [0.1, 0.15) is 12.2 Å². The largest absolute Gasteiger partial charge is 0.493 e. The number of methoxy groups -OCH3 is 1. The third-order valence-corrected chi connectivity index (χ3v) is 5.26. The van der Waals surface area contributed by atoms with Crippen LogP contribution in [0.3, 0.4) is 0 Å². The molecule has 0 amide bonds. The number of hydrogen-bond acceptors (Lipinski definition) is 4. The molecule has 5 rings (SSSR count). The van der Waals surface area contributed by atoms with E-state index in [2.05, 4.69) is 0 Å². The summed E-state index contributed by atoms with van der Waals surface area (Å²) in [6.07, 6.45) is -3.37. The topological polar surface area (TPSA) is 41.9 Å². The predicted octanol–water partition coefficient (Wildman–Crippen LogP) is 1.50. The fourth-order valence-corrected chi connectivity index (χ4v) is 4.28. The van der Waals surface area contributed by atoms with E-state index in [4.69, 9.17) is 17.7 Å². The van der Waals surface area contributed by atoms with Crippen molar-refractivity contribution in [1.82, 2.24) is 4.90 Å². The molecule has 2 unspecified atom stereocenters. The van der Waals surface area contributed by atoms with Gasteiger partial charge in [0.05, 0.1) is 12.5 Å². The maximum absolute atomic E-state index is 10.8. The van der Waals surface area contributed by atoms with E-state index in [1.807, 2.05) is 0 Å². The summed E-state index contributed by atoms with van der Waals surface area (Å²) < 4.78 is 78.2. The van der Waals surface area contributed by atoms with E-state index < -0.39 is 42.9 Å². The Labute approximate surface area is 141 Å². The van der Waals surface area contributed by atoms with Crippen LogP contribution in [-0.2, 0) is 11.8 Å². The molecule has 2 aliphatic heterocycles. The summed E-state index contributed by atoms with van der Waals surface area (Å²) in [5.41, 5.74) is -1.11. The Morgan fingerprint density at radius 3 is 3.32 bits per heavy atom. The molecule has 1 N–H and O–H groups in total. The van der Waals surface area contributed by atoms with E-state index in [1.165, 1.54) is 23.1 Å². The second-order valence-corrected chi connectivity index (χ2v) is 6.20. The number of aliphatic hydroxyl groups is 1. The number of nitrogens with zero attached hydrogens (tertiary/aromatic N) is 1. The van der Waals surface area contributed by atoms with Crippen LogP contribution in [-0.4, -0.2) is 48.8 Å². The molecule has 4 aliphatic rings. The maximum Gasteiger partial charge on any atom is 0.165 e. The highest BCUT2D eigenvalue weighted by atomic mass is 16.5. The lowest BCUT2D eigenvalue weighted by atomic mass is 9.53. The van der Waals surface area contributed by atoms with Gasteiger partial charge in [-0.2, -0.15) is 0 Å². The monoisotopic (exact) mass is 307 g/mol. The van der Waals surface area contributed by atoms with Crippen LogP contribution in [0.1, 0.15) is 28.5 Å². The van der Waals surface area contributed by atoms with Gasteiger partial charge in [-0.25, -0.2) is 0 Å². The van der Waals surface area contributed by atoms with Gasteiger partial charge in [0.25, 0.3) is 0 Å². The Kier molecular flexibility index (Phi) is 1.36. The Morgan fingerprint density at radius 2 is 2.45 bits per heavy atom. The number of hydrogen-bond donors (Lipinski definition) is 1. The molecule has 0 radical (unpaired) electrons. The van der Waals surface area contributed by atoms with Crippen LogP contribution < -0.4 is 9.47 Å². The zero-order chi connectivity index (χ0) is 22.1. The molecule has 4 nitrogen and oxygen atoms in total. The van der Waals surface area contributed by atoms with E-state index in [0.717, 1.165) is 6.08 Å². The second kappa shape index (κ2) is 4.06. The second-order valence-electron chi connectivity index (χ2n) is 6.20. The van der Waals surface area contributed by atoms with E-state index in [9.17, 15) is 7.85 Å². The van der Waals surface area contributed by atoms with Crippen molar-refractivity contribution in [1.29, 1.82) is 0 Å². The average Bonchev–Trinajstić information content (AvgIpc) is 2.98. The number of ether oxygens (including phenoxy) is 2. The third-order valence-electron chi connectivity index (χ3n) is 5.26. The molecule has 0 saturated carbocycles. The summed E-state index contributed by atoms with van der Waals surface area (Å²) in [5.74, 6) is -2.15. The molecule has 1 fully saturated rings. The lowest BCUT2D eigenvalue weighted by Crippen LogP contribution is -2.64. The molecule has 0 aromatic heterocycles. The van der Waals surface area contributed by atoms with Gasteiger partial charge in [0.2, 0.25) is 0 Å². The molecule has 1 saturated heterocycles. The quantitative estimate of drug-likeness (QED) is 0.799. The summed E-state index contributed by atoms with van der Waals surface area (Å²) in [7, 11) is -1.21. The van der Waals surface area contributed by atoms with Crippen molar-refractivity contribution in [2.24, 2.45) is 5.89 Å². The SMILES string of the molecule is [2H]C([2H])([2H])Oc1ccc2c3c1OC1C([2H])(O)C=C[C@]4([2H])[C@@]31CCN(C)[C@]4([2H])C2([2H])[2H]. The molecule has 1 aromatic rings. The van der Waals surface area contributed by atoms with Gasteiger partial charge in [0.15, 0.2) is 11.5 Å². The molecule has 5 atom stereocenters. The number of likely N-dealkylation sites (tertiary alicyclic amines) is 1. The minimum atomic E-state index is -2.80. The van der Waals surface area contributed by atoms with Gasteiger partial charge >= 0.3 is 0 Å². The smallest absolute Gasteiger partial charge is 0.165 e. The van der Waals surface area contributed by atoms with Crippen molar-refractivity contribution < 1.29 is 25.5 Å². The van der Waals surface area contributed by atoms with E-state index in [1.54, 1.807) is 7.05 Å². The van der Waals surface area contributed by atoms with E-state index >= 15 is 0 Å². The third kappa shape index (κ3) is 1.28. The molecular weight excluding hydrogens is 278 g/mol. The zero-order valence-electron chi connectivity index (χ0n) is 20.0. The Balaban J connectivity index is 1.91. The van der Waals surface area contributed by atoms with Crippen molar-refractivity contribution in [2.45, 2.75) is 36.4 Å². The predicted molar refractivity (Wildman–Crippen MR) is 82.5 cm³/mol. The van der Waals surface area contributed by atoms with Crippen molar-refractivity contribution in [3.63, 3.8) is 0 Å². The van der Waals surface area contributed by atoms with Gasteiger partial charge in [-0.05, 0) is 38.0 Å². The first-order chi connectivity index (χ1) is 13.6. The molecule has 1 aromatic carbocycles. The first-order valence-electron chi connectivity index (χ1n) is 11.3. The molecule has 116 valence electrons. The minimum Gasteiger partial charge on any atom is -0.493 e. The fraction of sp³-hybridized carbons (Fsp3) is 0.556. The standard InChI is InChI=1S/C18H21NO3/c1-19-8-7-18-11-4-5-13(20)17(18)22-16-14(21-2)6-3-10(15(16)18)9-12(11)19/h3-6,11-13,17,20H,7-9H2,1-2H3/t11-,12+,13?,17?,18-/m0/s1/i2D3,9D2,11D,12D,13D. The van der Waals surface area contributed by atoms with Crippen molar-refractivity contribution >= 4 is 0 Å². The van der Waals surface area contributed by atoms with E-state index in [-0.39, 0.29) is 35.6 Å². The Bertz CT molecular complexity index is 994. The first-order valence-corrected chi connectivity index (χ1v) is 7.31. The lowest BCUT2D eigenvalue weighted by molar-refractivity contribution is -0.0453. The number of piperidine rings is 1. The summed E-state index contributed by atoms with van der Waals surface area (Å²) in [5, 5.41) is 10.8. The maximum atomic E-state index is 10.8. The number of likely N-dealkylation sites (N-methyl/N-ethyl adjacent to an activating group) is 1. The van der Waals surface area contributed by atoms with Crippen LogP contribution in [0.5, 0.6) is 11.5 Å².